The summed E-state index contributed by atoms with van der Waals surface area (Å²) in [5.41, 5.74) is 0.330. The first kappa shape index (κ1) is 15.0. The van der Waals surface area contributed by atoms with Crippen molar-refractivity contribution in [2.75, 3.05) is 6.61 Å². The van der Waals surface area contributed by atoms with E-state index in [0.717, 1.165) is 25.7 Å². The van der Waals surface area contributed by atoms with Gasteiger partial charge in [0.05, 0.1) is 16.5 Å². The molecule has 1 aliphatic rings. The Bertz CT molecular complexity index is 599. The molecular weight excluding hydrogens is 276 g/mol. The highest BCUT2D eigenvalue weighted by atomic mass is 32.2. The van der Waals surface area contributed by atoms with Crippen LogP contribution in [0.3, 0.4) is 0 Å². The number of benzene rings is 1. The molecule has 108 valence electrons. The minimum Gasteiger partial charge on any atom is -0.396 e. The van der Waals surface area contributed by atoms with Crippen LogP contribution in [0.4, 0.5) is 0 Å². The topological polar surface area (TPSA) is 90.2 Å². The van der Waals surface area contributed by atoms with Crippen molar-refractivity contribution in [3.05, 3.63) is 29.8 Å². The first-order valence-corrected chi connectivity index (χ1v) is 8.17. The highest BCUT2D eigenvalue weighted by Gasteiger charge is 2.25. The van der Waals surface area contributed by atoms with Crippen LogP contribution < -0.4 is 4.72 Å². The summed E-state index contributed by atoms with van der Waals surface area (Å²) >= 11 is 0. The fourth-order valence-electron chi connectivity index (χ4n) is 2.48. The van der Waals surface area contributed by atoms with Crippen LogP contribution in [0.5, 0.6) is 0 Å². The average Bonchev–Trinajstić information content (AvgIpc) is 2.48. The predicted molar refractivity (Wildman–Crippen MR) is 74.3 cm³/mol. The molecule has 0 aromatic heterocycles. The third kappa shape index (κ3) is 3.57. The van der Waals surface area contributed by atoms with E-state index in [0.29, 0.717) is 5.56 Å². The normalized spacial score (nSPS) is 23.2. The van der Waals surface area contributed by atoms with Crippen molar-refractivity contribution < 1.29 is 13.5 Å². The molecule has 1 saturated carbocycles. The Morgan fingerprint density at radius 2 is 2.00 bits per heavy atom. The van der Waals surface area contributed by atoms with Gasteiger partial charge >= 0.3 is 0 Å². The van der Waals surface area contributed by atoms with E-state index < -0.39 is 10.0 Å². The standard InChI is InChI=1S/C14H18N2O3S/c15-9-12-2-1-3-14(8-12)20(18,19)16-13-6-4-11(10-17)5-7-13/h1-3,8,11,13,16-17H,4-7,10H2. The lowest BCUT2D eigenvalue weighted by molar-refractivity contribution is 0.180. The summed E-state index contributed by atoms with van der Waals surface area (Å²) in [4.78, 5) is 0.126. The summed E-state index contributed by atoms with van der Waals surface area (Å²) in [6, 6.07) is 7.85. The van der Waals surface area contributed by atoms with Gasteiger partial charge in [-0.3, -0.25) is 0 Å². The molecular formula is C14H18N2O3S. The molecule has 0 radical (unpaired) electrons. The van der Waals surface area contributed by atoms with Gasteiger partial charge in [0.2, 0.25) is 10.0 Å². The minimum atomic E-state index is -3.58. The van der Waals surface area contributed by atoms with E-state index >= 15 is 0 Å². The summed E-state index contributed by atoms with van der Waals surface area (Å²) in [5.74, 6) is 0.290. The van der Waals surface area contributed by atoms with Crippen LogP contribution in [0.1, 0.15) is 31.2 Å². The second-order valence-electron chi connectivity index (χ2n) is 5.16. The number of sulfonamides is 1. The van der Waals surface area contributed by atoms with Crippen LogP contribution in [-0.4, -0.2) is 26.2 Å². The maximum absolute atomic E-state index is 12.2. The molecule has 1 fully saturated rings. The van der Waals surface area contributed by atoms with E-state index in [1.165, 1.54) is 12.1 Å². The Hall–Kier alpha value is -1.42. The van der Waals surface area contributed by atoms with Gasteiger partial charge in [-0.1, -0.05) is 6.07 Å². The SMILES string of the molecule is N#Cc1cccc(S(=O)(=O)NC2CCC(CO)CC2)c1. The monoisotopic (exact) mass is 294 g/mol. The lowest BCUT2D eigenvalue weighted by atomic mass is 9.87. The highest BCUT2D eigenvalue weighted by Crippen LogP contribution is 2.25. The first-order valence-electron chi connectivity index (χ1n) is 6.68. The fraction of sp³-hybridized carbons (Fsp3) is 0.500. The number of nitrogens with one attached hydrogen (secondary N) is 1. The highest BCUT2D eigenvalue weighted by molar-refractivity contribution is 7.89. The molecule has 0 aliphatic heterocycles. The minimum absolute atomic E-state index is 0.0893. The van der Waals surface area contributed by atoms with E-state index in [1.807, 2.05) is 6.07 Å². The predicted octanol–water partition coefficient (Wildman–Crippen LogP) is 1.39. The molecule has 6 heteroatoms. The molecule has 2 rings (SSSR count). The second-order valence-corrected chi connectivity index (χ2v) is 6.88. The van der Waals surface area contributed by atoms with E-state index in [9.17, 15) is 8.42 Å². The quantitative estimate of drug-likeness (QED) is 0.878. The maximum atomic E-state index is 12.2. The fourth-order valence-corrected chi connectivity index (χ4v) is 3.83. The molecule has 0 spiro atoms. The van der Waals surface area contributed by atoms with Crippen LogP contribution in [-0.2, 0) is 10.0 Å². The van der Waals surface area contributed by atoms with Crippen LogP contribution >= 0.6 is 0 Å². The number of hydrogen-bond acceptors (Lipinski definition) is 4. The zero-order valence-corrected chi connectivity index (χ0v) is 11.9. The Kier molecular flexibility index (Phi) is 4.76. The summed E-state index contributed by atoms with van der Waals surface area (Å²) in [7, 11) is -3.58. The lowest BCUT2D eigenvalue weighted by Crippen LogP contribution is -2.38. The molecule has 1 aliphatic carbocycles. The second kappa shape index (κ2) is 6.35. The largest absolute Gasteiger partial charge is 0.396 e. The van der Waals surface area contributed by atoms with E-state index in [4.69, 9.17) is 10.4 Å². The lowest BCUT2D eigenvalue weighted by Gasteiger charge is -2.27. The average molecular weight is 294 g/mol. The van der Waals surface area contributed by atoms with Gasteiger partial charge in [0.15, 0.2) is 0 Å². The molecule has 0 atom stereocenters. The molecule has 20 heavy (non-hydrogen) atoms. The van der Waals surface area contributed by atoms with E-state index in [1.54, 1.807) is 12.1 Å². The van der Waals surface area contributed by atoms with Crippen molar-refractivity contribution in [3.8, 4) is 6.07 Å². The van der Waals surface area contributed by atoms with Crippen LogP contribution in [0.25, 0.3) is 0 Å². The third-order valence-corrected chi connectivity index (χ3v) is 5.22. The number of aliphatic hydroxyl groups excluding tert-OH is 1. The summed E-state index contributed by atoms with van der Waals surface area (Å²) < 4.78 is 27.2. The van der Waals surface area contributed by atoms with E-state index in [-0.39, 0.29) is 23.5 Å². The summed E-state index contributed by atoms with van der Waals surface area (Å²) in [6.45, 7) is 0.170. The number of hydrogen-bond donors (Lipinski definition) is 2. The van der Waals surface area contributed by atoms with Gasteiger partial charge in [-0.2, -0.15) is 5.26 Å². The Morgan fingerprint density at radius 1 is 1.30 bits per heavy atom. The molecule has 5 nitrogen and oxygen atoms in total. The maximum Gasteiger partial charge on any atom is 0.240 e. The third-order valence-electron chi connectivity index (χ3n) is 3.70. The molecule has 0 heterocycles. The van der Waals surface area contributed by atoms with Gasteiger partial charge in [0.1, 0.15) is 0 Å². The molecule has 0 amide bonds. The van der Waals surface area contributed by atoms with Gasteiger partial charge in [0.25, 0.3) is 0 Å². The number of nitriles is 1. The van der Waals surface area contributed by atoms with Gasteiger partial charge in [-0.05, 0) is 49.8 Å². The molecule has 0 bridgehead atoms. The van der Waals surface area contributed by atoms with E-state index in [2.05, 4.69) is 4.72 Å². The van der Waals surface area contributed by atoms with Gasteiger partial charge in [0, 0.05) is 12.6 Å². The Labute approximate surface area is 119 Å². The molecule has 1 aromatic rings. The smallest absolute Gasteiger partial charge is 0.240 e. The van der Waals surface area contributed by atoms with Crippen molar-refractivity contribution in [1.29, 1.82) is 5.26 Å². The van der Waals surface area contributed by atoms with Crippen LogP contribution in [0.2, 0.25) is 0 Å². The van der Waals surface area contributed by atoms with Crippen molar-refractivity contribution in [3.63, 3.8) is 0 Å². The number of rotatable bonds is 4. The Balaban J connectivity index is 2.06. The van der Waals surface area contributed by atoms with Gasteiger partial charge in [-0.15, -0.1) is 0 Å². The van der Waals surface area contributed by atoms with Crippen LogP contribution in [0, 0.1) is 17.2 Å². The van der Waals surface area contributed by atoms with Crippen molar-refractivity contribution in [1.82, 2.24) is 4.72 Å². The zero-order valence-electron chi connectivity index (χ0n) is 11.1. The van der Waals surface area contributed by atoms with Crippen molar-refractivity contribution in [2.45, 2.75) is 36.6 Å². The Morgan fingerprint density at radius 3 is 2.60 bits per heavy atom. The van der Waals surface area contributed by atoms with Crippen LogP contribution in [0.15, 0.2) is 29.2 Å². The number of aliphatic hydroxyl groups is 1. The van der Waals surface area contributed by atoms with Gasteiger partial charge < -0.3 is 5.11 Å². The summed E-state index contributed by atoms with van der Waals surface area (Å²) in [6.07, 6.45) is 3.15. The summed E-state index contributed by atoms with van der Waals surface area (Å²) in [5, 5.41) is 17.9. The van der Waals surface area contributed by atoms with Crippen molar-refractivity contribution >= 4 is 10.0 Å². The number of nitrogens with zero attached hydrogens (tertiary/aromatic N) is 1. The van der Waals surface area contributed by atoms with Gasteiger partial charge in [-0.25, -0.2) is 13.1 Å². The molecule has 2 N–H and O–H groups in total. The molecule has 0 saturated heterocycles. The first-order chi connectivity index (χ1) is 9.55. The van der Waals surface area contributed by atoms with Crippen molar-refractivity contribution in [2.24, 2.45) is 5.92 Å². The zero-order chi connectivity index (χ0) is 14.6. The molecule has 0 unspecified atom stereocenters. The molecule has 1 aromatic carbocycles.